The highest BCUT2D eigenvalue weighted by atomic mass is 16.5. The van der Waals surface area contributed by atoms with Gasteiger partial charge >= 0.3 is 0 Å². The number of aromatic nitrogens is 2. The van der Waals surface area contributed by atoms with Crippen LogP contribution in [0, 0.1) is 6.92 Å². The lowest BCUT2D eigenvalue weighted by molar-refractivity contribution is 0.208. The van der Waals surface area contributed by atoms with Crippen molar-refractivity contribution in [3.05, 3.63) is 71.4 Å². The molecule has 0 spiro atoms. The van der Waals surface area contributed by atoms with Crippen LogP contribution in [0.1, 0.15) is 29.2 Å². The number of nitrogens with one attached hydrogen (secondary N) is 1. The van der Waals surface area contributed by atoms with Crippen LogP contribution in [0.15, 0.2) is 54.7 Å². The normalized spacial score (nSPS) is 16.5. The molecule has 3 aromatic rings. The molecule has 4 rings (SSSR count). The molecule has 0 saturated carbocycles. The fourth-order valence-corrected chi connectivity index (χ4v) is 3.16. The van der Waals surface area contributed by atoms with Crippen molar-refractivity contribution in [3.63, 3.8) is 0 Å². The van der Waals surface area contributed by atoms with E-state index in [9.17, 15) is 0 Å². The average molecular weight is 290 g/mol. The van der Waals surface area contributed by atoms with Gasteiger partial charge in [-0.3, -0.25) is 5.10 Å². The van der Waals surface area contributed by atoms with Crippen LogP contribution >= 0.6 is 0 Å². The first-order chi connectivity index (χ1) is 10.8. The Morgan fingerprint density at radius 2 is 2.05 bits per heavy atom. The summed E-state index contributed by atoms with van der Waals surface area (Å²) in [5.41, 5.74) is 6.00. The Hall–Kier alpha value is -2.55. The summed E-state index contributed by atoms with van der Waals surface area (Å²) in [6.45, 7) is 2.09. The monoisotopic (exact) mass is 290 g/mol. The molecule has 2 aromatic carbocycles. The van der Waals surface area contributed by atoms with Crippen molar-refractivity contribution < 1.29 is 4.74 Å². The van der Waals surface area contributed by atoms with Crippen LogP contribution in [0.25, 0.3) is 11.3 Å². The van der Waals surface area contributed by atoms with Gasteiger partial charge in [0.15, 0.2) is 0 Å². The Bertz CT molecular complexity index is 793. The number of hydrogen-bond acceptors (Lipinski definition) is 2. The molecule has 1 aromatic heterocycles. The van der Waals surface area contributed by atoms with Crippen molar-refractivity contribution in [3.8, 4) is 17.0 Å². The predicted molar refractivity (Wildman–Crippen MR) is 86.9 cm³/mol. The van der Waals surface area contributed by atoms with Crippen LogP contribution in [0.5, 0.6) is 5.75 Å². The Labute approximate surface area is 130 Å². The van der Waals surface area contributed by atoms with Gasteiger partial charge in [0.1, 0.15) is 11.9 Å². The molecule has 0 fully saturated rings. The van der Waals surface area contributed by atoms with Crippen LogP contribution in [-0.2, 0) is 6.42 Å². The average Bonchev–Trinajstić information content (AvgIpc) is 3.19. The quantitative estimate of drug-likeness (QED) is 0.773. The number of benzene rings is 2. The third-order valence-corrected chi connectivity index (χ3v) is 4.27. The Morgan fingerprint density at radius 3 is 2.91 bits per heavy atom. The summed E-state index contributed by atoms with van der Waals surface area (Å²) in [7, 11) is 0. The first-order valence-corrected chi connectivity index (χ1v) is 7.66. The van der Waals surface area contributed by atoms with E-state index in [1.807, 2.05) is 6.07 Å². The fraction of sp³-hybridized carbons (Fsp3) is 0.211. The summed E-state index contributed by atoms with van der Waals surface area (Å²) in [4.78, 5) is 0. The van der Waals surface area contributed by atoms with E-state index in [4.69, 9.17) is 4.74 Å². The van der Waals surface area contributed by atoms with Gasteiger partial charge in [0.25, 0.3) is 0 Å². The molecule has 110 valence electrons. The second-order valence-electron chi connectivity index (χ2n) is 5.81. The number of H-pyrrole nitrogens is 1. The highest BCUT2D eigenvalue weighted by Crippen LogP contribution is 2.38. The SMILES string of the molecule is Cc1ccc(O[C@H]2CCc3ccccc32)c(-c2ccn[nH]2)c1. The second kappa shape index (κ2) is 5.34. The zero-order chi connectivity index (χ0) is 14.9. The third kappa shape index (κ3) is 2.29. The molecule has 0 unspecified atom stereocenters. The molecule has 1 atom stereocenters. The minimum atomic E-state index is 0.139. The first-order valence-electron chi connectivity index (χ1n) is 7.66. The summed E-state index contributed by atoms with van der Waals surface area (Å²) in [5, 5.41) is 7.09. The van der Waals surface area contributed by atoms with E-state index in [1.54, 1.807) is 6.20 Å². The molecule has 1 heterocycles. The Morgan fingerprint density at radius 1 is 1.14 bits per heavy atom. The van der Waals surface area contributed by atoms with Crippen molar-refractivity contribution in [1.29, 1.82) is 0 Å². The van der Waals surface area contributed by atoms with Crippen molar-refractivity contribution in [1.82, 2.24) is 10.2 Å². The smallest absolute Gasteiger partial charge is 0.129 e. The van der Waals surface area contributed by atoms with Gasteiger partial charge in [-0.05, 0) is 49.1 Å². The van der Waals surface area contributed by atoms with E-state index in [1.165, 1.54) is 16.7 Å². The number of nitrogens with zero attached hydrogens (tertiary/aromatic N) is 1. The predicted octanol–water partition coefficient (Wildman–Crippen LogP) is 4.45. The summed E-state index contributed by atoms with van der Waals surface area (Å²) in [6.07, 6.45) is 4.04. The number of hydrogen-bond donors (Lipinski definition) is 1. The molecule has 0 amide bonds. The van der Waals surface area contributed by atoms with E-state index in [2.05, 4.69) is 59.6 Å². The highest BCUT2D eigenvalue weighted by Gasteiger charge is 2.24. The van der Waals surface area contributed by atoms with Gasteiger partial charge in [-0.25, -0.2) is 0 Å². The summed E-state index contributed by atoms with van der Waals surface area (Å²) in [6, 6.07) is 16.8. The van der Waals surface area contributed by atoms with Crippen LogP contribution in [0.2, 0.25) is 0 Å². The minimum Gasteiger partial charge on any atom is -0.485 e. The standard InChI is InChI=1S/C19H18N2O/c1-13-6-8-19(16(12-13)17-10-11-20-21-17)22-18-9-7-14-4-2-3-5-15(14)18/h2-6,8,10-12,18H,7,9H2,1H3,(H,20,21)/t18-/m0/s1. The van der Waals surface area contributed by atoms with Crippen molar-refractivity contribution in [2.24, 2.45) is 0 Å². The molecule has 1 aliphatic rings. The summed E-state index contributed by atoms with van der Waals surface area (Å²) in [5.74, 6) is 0.913. The molecular weight excluding hydrogens is 272 g/mol. The van der Waals surface area contributed by atoms with Crippen LogP contribution in [0.3, 0.4) is 0 Å². The minimum absolute atomic E-state index is 0.139. The lowest BCUT2D eigenvalue weighted by atomic mass is 10.1. The molecule has 3 nitrogen and oxygen atoms in total. The van der Waals surface area contributed by atoms with Crippen LogP contribution in [0.4, 0.5) is 0 Å². The van der Waals surface area contributed by atoms with Gasteiger partial charge in [-0.2, -0.15) is 5.10 Å². The second-order valence-corrected chi connectivity index (χ2v) is 5.81. The lowest BCUT2D eigenvalue weighted by Gasteiger charge is -2.18. The summed E-state index contributed by atoms with van der Waals surface area (Å²) >= 11 is 0. The topological polar surface area (TPSA) is 37.9 Å². The molecule has 0 bridgehead atoms. The maximum absolute atomic E-state index is 6.36. The number of aryl methyl sites for hydroxylation is 2. The molecule has 1 N–H and O–H groups in total. The van der Waals surface area contributed by atoms with E-state index in [-0.39, 0.29) is 6.10 Å². The van der Waals surface area contributed by atoms with E-state index in [0.717, 1.165) is 29.8 Å². The maximum Gasteiger partial charge on any atom is 0.129 e. The zero-order valence-corrected chi connectivity index (χ0v) is 12.5. The number of ether oxygens (including phenoxy) is 1. The van der Waals surface area contributed by atoms with Crippen molar-refractivity contribution >= 4 is 0 Å². The summed E-state index contributed by atoms with van der Waals surface area (Å²) < 4.78 is 6.36. The molecule has 0 radical (unpaired) electrons. The maximum atomic E-state index is 6.36. The van der Waals surface area contributed by atoms with Gasteiger partial charge < -0.3 is 4.74 Å². The van der Waals surface area contributed by atoms with Crippen LogP contribution in [-0.4, -0.2) is 10.2 Å². The van der Waals surface area contributed by atoms with Crippen molar-refractivity contribution in [2.75, 3.05) is 0 Å². The van der Waals surface area contributed by atoms with Crippen LogP contribution < -0.4 is 4.74 Å². The van der Waals surface area contributed by atoms with Gasteiger partial charge in [-0.15, -0.1) is 0 Å². The van der Waals surface area contributed by atoms with Crippen molar-refractivity contribution in [2.45, 2.75) is 25.9 Å². The Balaban J connectivity index is 1.70. The van der Waals surface area contributed by atoms with Gasteiger partial charge in [0.05, 0.1) is 5.69 Å². The van der Waals surface area contributed by atoms with E-state index >= 15 is 0 Å². The lowest BCUT2D eigenvalue weighted by Crippen LogP contribution is -2.04. The molecule has 0 saturated heterocycles. The number of fused-ring (bicyclic) bond motifs is 1. The molecule has 3 heteroatoms. The van der Waals surface area contributed by atoms with E-state index < -0.39 is 0 Å². The number of rotatable bonds is 3. The highest BCUT2D eigenvalue weighted by molar-refractivity contribution is 5.67. The molecule has 22 heavy (non-hydrogen) atoms. The first kappa shape index (κ1) is 13.1. The van der Waals surface area contributed by atoms with E-state index in [0.29, 0.717) is 0 Å². The molecule has 1 aliphatic carbocycles. The van der Waals surface area contributed by atoms with Gasteiger partial charge in [0, 0.05) is 11.8 Å². The van der Waals surface area contributed by atoms with Gasteiger partial charge in [-0.1, -0.05) is 35.9 Å². The largest absolute Gasteiger partial charge is 0.485 e. The van der Waals surface area contributed by atoms with Gasteiger partial charge in [0.2, 0.25) is 0 Å². The fourth-order valence-electron chi connectivity index (χ4n) is 3.16. The third-order valence-electron chi connectivity index (χ3n) is 4.27. The molecular formula is C19H18N2O. The zero-order valence-electron chi connectivity index (χ0n) is 12.5. The Kier molecular flexibility index (Phi) is 3.19. The number of aromatic amines is 1. The molecule has 0 aliphatic heterocycles.